The minimum atomic E-state index is -8.37. The third kappa shape index (κ3) is 3.07. The molecular formula is C16H9F15O. The van der Waals surface area contributed by atoms with Gasteiger partial charge in [-0.15, -0.1) is 0 Å². The maximum absolute atomic E-state index is 14.3. The lowest BCUT2D eigenvalue weighted by atomic mass is 9.82. The average Bonchev–Trinajstić information content (AvgIpc) is 2.97. The van der Waals surface area contributed by atoms with Crippen molar-refractivity contribution in [1.29, 1.82) is 0 Å². The van der Waals surface area contributed by atoms with Crippen LogP contribution in [0, 0.1) is 0 Å². The number of alkyl halides is 15. The molecule has 1 N–H and O–H groups in total. The van der Waals surface area contributed by atoms with Crippen LogP contribution in [0.15, 0.2) is 24.3 Å². The molecule has 16 heteroatoms. The van der Waals surface area contributed by atoms with Crippen molar-refractivity contribution in [2.24, 2.45) is 0 Å². The van der Waals surface area contributed by atoms with Gasteiger partial charge in [-0.25, -0.2) is 0 Å². The van der Waals surface area contributed by atoms with Gasteiger partial charge < -0.3 is 5.11 Å². The van der Waals surface area contributed by atoms with Gasteiger partial charge in [-0.2, -0.15) is 65.9 Å². The summed E-state index contributed by atoms with van der Waals surface area (Å²) in [5.74, 6) is -47.3. The Balaban J connectivity index is 2.58. The first-order valence-corrected chi connectivity index (χ1v) is 8.05. The fraction of sp³-hybridized carbons (Fsp3) is 0.625. The van der Waals surface area contributed by atoms with E-state index in [0.717, 1.165) is 24.3 Å². The fourth-order valence-electron chi connectivity index (χ4n) is 3.08. The Morgan fingerprint density at radius 2 is 0.844 bits per heavy atom. The number of hydrogen-bond donors (Lipinski definition) is 1. The topological polar surface area (TPSA) is 20.2 Å². The number of halogens is 15. The van der Waals surface area contributed by atoms with Gasteiger partial charge in [-0.1, -0.05) is 24.3 Å². The van der Waals surface area contributed by atoms with Gasteiger partial charge in [0, 0.05) is 12.8 Å². The van der Waals surface area contributed by atoms with Crippen molar-refractivity contribution >= 4 is 0 Å². The highest BCUT2D eigenvalue weighted by molar-refractivity contribution is 5.37. The van der Waals surface area contributed by atoms with Crippen molar-refractivity contribution in [1.82, 2.24) is 0 Å². The molecule has 184 valence electrons. The minimum absolute atomic E-state index is 0.352. The molecule has 0 saturated heterocycles. The van der Waals surface area contributed by atoms with E-state index in [1.54, 1.807) is 0 Å². The van der Waals surface area contributed by atoms with Gasteiger partial charge in [0.05, 0.1) is 0 Å². The number of fused-ring (bicyclic) bond motifs is 1. The number of aliphatic hydroxyl groups is 1. The van der Waals surface area contributed by atoms with E-state index < -0.39 is 60.2 Å². The highest BCUT2D eigenvalue weighted by Crippen LogP contribution is 2.64. The summed E-state index contributed by atoms with van der Waals surface area (Å²) in [6.45, 7) is 0. The first kappa shape index (κ1) is 26.4. The standard InChI is InChI=1S/C16H9F15O/c17-10(18,9(32)5-7-3-1-2-4-8(7)6-9)11(19,20)12(21,22)13(23,24)14(25,26)15(27,28)16(29,30)31/h1-4,32H,5-6H2. The number of benzene rings is 1. The molecule has 1 nitrogen and oxygen atoms in total. The van der Waals surface area contributed by atoms with Gasteiger partial charge in [-0.05, 0) is 11.1 Å². The van der Waals surface area contributed by atoms with E-state index in [0.29, 0.717) is 0 Å². The lowest BCUT2D eigenvalue weighted by molar-refractivity contribution is -0.459. The van der Waals surface area contributed by atoms with Crippen LogP contribution in [0.4, 0.5) is 65.9 Å². The van der Waals surface area contributed by atoms with Gasteiger partial charge in [0.2, 0.25) is 0 Å². The molecule has 0 atom stereocenters. The van der Waals surface area contributed by atoms with E-state index in [9.17, 15) is 71.0 Å². The van der Waals surface area contributed by atoms with Crippen LogP contribution in [0.3, 0.4) is 0 Å². The molecule has 0 saturated carbocycles. The minimum Gasteiger partial charge on any atom is -0.383 e. The van der Waals surface area contributed by atoms with Gasteiger partial charge in [-0.3, -0.25) is 0 Å². The summed E-state index contributed by atoms with van der Waals surface area (Å²) in [5, 5.41) is 9.87. The quantitative estimate of drug-likeness (QED) is 0.482. The molecule has 0 fully saturated rings. The van der Waals surface area contributed by atoms with Crippen LogP contribution < -0.4 is 0 Å². The van der Waals surface area contributed by atoms with Crippen LogP contribution in [0.25, 0.3) is 0 Å². The van der Waals surface area contributed by atoms with E-state index in [1.807, 2.05) is 0 Å². The van der Waals surface area contributed by atoms with Gasteiger partial charge in [0.15, 0.2) is 0 Å². The van der Waals surface area contributed by atoms with Crippen molar-refractivity contribution in [2.75, 3.05) is 0 Å². The summed E-state index contributed by atoms with van der Waals surface area (Å²) in [6, 6.07) is 4.10. The first-order chi connectivity index (χ1) is 13.9. The molecule has 1 aliphatic carbocycles. The number of rotatable bonds is 6. The third-order valence-corrected chi connectivity index (χ3v) is 5.00. The Labute approximate surface area is 167 Å². The van der Waals surface area contributed by atoms with Gasteiger partial charge >= 0.3 is 41.7 Å². The SMILES string of the molecule is OC1(C(F)(F)C(F)(F)C(F)(F)C(F)(F)C(F)(F)C(F)(F)C(F)(F)F)Cc2ccccc2C1. The number of hydrogen-bond acceptors (Lipinski definition) is 1. The molecule has 1 aliphatic rings. The summed E-state index contributed by atoms with van der Waals surface area (Å²) in [4.78, 5) is 0. The Morgan fingerprint density at radius 3 is 1.19 bits per heavy atom. The molecule has 0 amide bonds. The van der Waals surface area contributed by atoms with Crippen molar-refractivity contribution in [3.63, 3.8) is 0 Å². The zero-order valence-corrected chi connectivity index (χ0v) is 14.8. The molecule has 0 bridgehead atoms. The van der Waals surface area contributed by atoms with Crippen molar-refractivity contribution in [3.8, 4) is 0 Å². The Bertz CT molecular complexity index is 845. The summed E-state index contributed by atoms with van der Waals surface area (Å²) >= 11 is 0. The fourth-order valence-corrected chi connectivity index (χ4v) is 3.08. The molecule has 0 unspecified atom stereocenters. The smallest absolute Gasteiger partial charge is 0.383 e. The van der Waals surface area contributed by atoms with Crippen LogP contribution >= 0.6 is 0 Å². The van der Waals surface area contributed by atoms with Crippen LogP contribution in [-0.2, 0) is 12.8 Å². The predicted molar refractivity (Wildman–Crippen MR) is 74.5 cm³/mol. The van der Waals surface area contributed by atoms with E-state index in [-0.39, 0.29) is 11.1 Å². The lowest BCUT2D eigenvalue weighted by Crippen LogP contribution is -2.75. The highest BCUT2D eigenvalue weighted by Gasteiger charge is 2.94. The van der Waals surface area contributed by atoms with Crippen LogP contribution in [-0.4, -0.2) is 52.4 Å². The Kier molecular flexibility index (Phi) is 5.62. The second-order valence-corrected chi connectivity index (χ2v) is 7.10. The zero-order chi connectivity index (χ0) is 25.4. The van der Waals surface area contributed by atoms with E-state index in [4.69, 9.17) is 0 Å². The molecule has 0 heterocycles. The first-order valence-electron chi connectivity index (χ1n) is 8.05. The summed E-state index contributed by atoms with van der Waals surface area (Å²) < 4.78 is 200. The second-order valence-electron chi connectivity index (χ2n) is 7.10. The lowest BCUT2D eigenvalue weighted by Gasteiger charge is -2.44. The van der Waals surface area contributed by atoms with Crippen LogP contribution in [0.1, 0.15) is 11.1 Å². The summed E-state index contributed by atoms with van der Waals surface area (Å²) in [6.07, 6.45) is -10.8. The largest absolute Gasteiger partial charge is 0.460 e. The maximum Gasteiger partial charge on any atom is 0.460 e. The van der Waals surface area contributed by atoms with E-state index >= 15 is 0 Å². The van der Waals surface area contributed by atoms with Crippen molar-refractivity contribution in [3.05, 3.63) is 35.4 Å². The van der Waals surface area contributed by atoms with Crippen molar-refractivity contribution in [2.45, 2.75) is 60.2 Å². The average molecular weight is 502 g/mol. The van der Waals surface area contributed by atoms with Gasteiger partial charge in [0.25, 0.3) is 0 Å². The molecule has 0 aromatic heterocycles. The third-order valence-electron chi connectivity index (χ3n) is 5.00. The summed E-state index contributed by atoms with van der Waals surface area (Å²) in [7, 11) is 0. The molecule has 0 spiro atoms. The Morgan fingerprint density at radius 1 is 0.531 bits per heavy atom. The van der Waals surface area contributed by atoms with Crippen LogP contribution in [0.2, 0.25) is 0 Å². The second kappa shape index (κ2) is 6.82. The monoisotopic (exact) mass is 502 g/mol. The zero-order valence-electron chi connectivity index (χ0n) is 14.8. The van der Waals surface area contributed by atoms with Crippen molar-refractivity contribution < 1.29 is 71.0 Å². The summed E-state index contributed by atoms with van der Waals surface area (Å²) in [5.41, 5.74) is -5.01. The molecule has 0 aliphatic heterocycles. The molecule has 2 rings (SSSR count). The van der Waals surface area contributed by atoms with Gasteiger partial charge in [0.1, 0.15) is 5.60 Å². The maximum atomic E-state index is 14.3. The molecule has 0 radical (unpaired) electrons. The Hall–Kier alpha value is -1.87. The van der Waals surface area contributed by atoms with E-state index in [2.05, 4.69) is 0 Å². The normalized spacial score (nSPS) is 18.6. The van der Waals surface area contributed by atoms with E-state index in [1.165, 1.54) is 0 Å². The molecule has 1 aromatic rings. The van der Waals surface area contributed by atoms with Crippen LogP contribution in [0.5, 0.6) is 0 Å². The molecule has 1 aromatic carbocycles. The molecular weight excluding hydrogens is 493 g/mol. The molecule has 32 heavy (non-hydrogen) atoms. The predicted octanol–water partition coefficient (Wildman–Crippen LogP) is 5.89. The highest BCUT2D eigenvalue weighted by atomic mass is 19.4.